The number of fused-ring (bicyclic) bond motifs is 1. The van der Waals surface area contributed by atoms with Crippen molar-refractivity contribution < 1.29 is 9.53 Å². The van der Waals surface area contributed by atoms with E-state index >= 15 is 0 Å². The molecule has 0 atom stereocenters. The van der Waals surface area contributed by atoms with Crippen LogP contribution in [0.25, 0.3) is 10.9 Å². The molecule has 0 saturated carbocycles. The Morgan fingerprint density at radius 3 is 2.81 bits per heavy atom. The predicted molar refractivity (Wildman–Crippen MR) is 86.8 cm³/mol. The third-order valence-electron chi connectivity index (χ3n) is 3.41. The van der Waals surface area contributed by atoms with E-state index in [-0.39, 0.29) is 5.78 Å². The number of hydrogen-bond acceptors (Lipinski definition) is 3. The van der Waals surface area contributed by atoms with Crippen LogP contribution in [0.1, 0.15) is 15.9 Å². The Hall–Kier alpha value is -2.27. The van der Waals surface area contributed by atoms with Crippen LogP contribution < -0.4 is 10.5 Å². The molecule has 1 aromatic heterocycles. The van der Waals surface area contributed by atoms with Crippen molar-refractivity contribution in [1.82, 2.24) is 4.98 Å². The quantitative estimate of drug-likeness (QED) is 0.561. The molecule has 0 radical (unpaired) electrons. The van der Waals surface area contributed by atoms with Gasteiger partial charge < -0.3 is 15.5 Å². The number of benzene rings is 2. The van der Waals surface area contributed by atoms with Gasteiger partial charge in [-0.2, -0.15) is 0 Å². The molecule has 2 aromatic carbocycles. The van der Waals surface area contributed by atoms with Crippen molar-refractivity contribution in [2.45, 2.75) is 0 Å². The van der Waals surface area contributed by atoms with Gasteiger partial charge in [-0.25, -0.2) is 0 Å². The molecule has 0 bridgehead atoms. The van der Waals surface area contributed by atoms with E-state index in [4.69, 9.17) is 10.5 Å². The number of hydrogen-bond donors (Lipinski definition) is 2. The second kappa shape index (κ2) is 5.26. The Morgan fingerprint density at radius 2 is 2.05 bits per heavy atom. The summed E-state index contributed by atoms with van der Waals surface area (Å²) in [6.07, 6.45) is 1.71. The van der Waals surface area contributed by atoms with Gasteiger partial charge in [0.25, 0.3) is 0 Å². The van der Waals surface area contributed by atoms with Crippen LogP contribution in [0.2, 0.25) is 0 Å². The summed E-state index contributed by atoms with van der Waals surface area (Å²) in [4.78, 5) is 15.8. The molecule has 0 aliphatic heterocycles. The van der Waals surface area contributed by atoms with E-state index in [1.807, 2.05) is 18.2 Å². The third-order valence-corrected chi connectivity index (χ3v) is 4.29. The molecule has 0 aliphatic rings. The number of ether oxygens (including phenoxy) is 1. The molecule has 106 valence electrons. The minimum Gasteiger partial charge on any atom is -0.497 e. The van der Waals surface area contributed by atoms with Gasteiger partial charge in [-0.1, -0.05) is 6.07 Å². The van der Waals surface area contributed by atoms with Crippen LogP contribution in [-0.2, 0) is 0 Å². The Balaban J connectivity index is 2.15. The van der Waals surface area contributed by atoms with Crippen molar-refractivity contribution in [3.8, 4) is 5.75 Å². The lowest BCUT2D eigenvalue weighted by molar-refractivity contribution is 0.103. The molecular formula is C16H13BrN2O2. The number of aromatic amines is 1. The second-order valence-electron chi connectivity index (χ2n) is 4.65. The summed E-state index contributed by atoms with van der Waals surface area (Å²) in [6, 6.07) is 10.9. The topological polar surface area (TPSA) is 68.1 Å². The first-order valence-electron chi connectivity index (χ1n) is 6.35. The van der Waals surface area contributed by atoms with Crippen LogP contribution in [0.5, 0.6) is 5.75 Å². The highest BCUT2D eigenvalue weighted by molar-refractivity contribution is 9.10. The zero-order valence-electron chi connectivity index (χ0n) is 11.3. The first-order valence-corrected chi connectivity index (χ1v) is 7.15. The van der Waals surface area contributed by atoms with E-state index in [9.17, 15) is 4.79 Å². The second-order valence-corrected chi connectivity index (χ2v) is 5.44. The minimum atomic E-state index is -0.0892. The van der Waals surface area contributed by atoms with Crippen LogP contribution in [0, 0.1) is 0 Å². The van der Waals surface area contributed by atoms with Crippen molar-refractivity contribution in [3.05, 3.63) is 58.2 Å². The van der Waals surface area contributed by atoms with E-state index in [2.05, 4.69) is 20.9 Å². The van der Waals surface area contributed by atoms with Crippen LogP contribution in [-0.4, -0.2) is 17.9 Å². The molecule has 21 heavy (non-hydrogen) atoms. The van der Waals surface area contributed by atoms with Crippen molar-refractivity contribution in [1.29, 1.82) is 0 Å². The molecule has 5 heteroatoms. The van der Waals surface area contributed by atoms with E-state index in [0.29, 0.717) is 27.0 Å². The highest BCUT2D eigenvalue weighted by Gasteiger charge is 2.18. The highest BCUT2D eigenvalue weighted by Crippen LogP contribution is 2.29. The summed E-state index contributed by atoms with van der Waals surface area (Å²) < 4.78 is 5.84. The Labute approximate surface area is 130 Å². The van der Waals surface area contributed by atoms with Crippen LogP contribution >= 0.6 is 15.9 Å². The van der Waals surface area contributed by atoms with E-state index < -0.39 is 0 Å². The molecule has 0 spiro atoms. The Bertz CT molecular complexity index is 839. The lowest BCUT2D eigenvalue weighted by Gasteiger charge is -2.06. The van der Waals surface area contributed by atoms with E-state index in [1.165, 1.54) is 0 Å². The molecular weight excluding hydrogens is 332 g/mol. The number of carbonyl (C=O) groups is 1. The molecule has 3 rings (SSSR count). The maximum absolute atomic E-state index is 12.7. The summed E-state index contributed by atoms with van der Waals surface area (Å²) >= 11 is 3.38. The summed E-state index contributed by atoms with van der Waals surface area (Å²) in [6.45, 7) is 0. The number of carbonyl (C=O) groups excluding carboxylic acids is 1. The number of aromatic nitrogens is 1. The minimum absolute atomic E-state index is 0.0892. The number of nitrogen functional groups attached to an aromatic ring is 1. The standard InChI is InChI=1S/C16H13BrN2O2/c1-21-9-5-6-14-11(7-9)12(8-19-14)16(20)10-3-2-4-13(18)15(10)17/h2-8,19H,18H2,1H3. The molecule has 1 heterocycles. The highest BCUT2D eigenvalue weighted by atomic mass is 79.9. The van der Waals surface area contributed by atoms with Gasteiger partial charge in [0.1, 0.15) is 5.75 Å². The van der Waals surface area contributed by atoms with Gasteiger partial charge in [-0.05, 0) is 46.3 Å². The maximum Gasteiger partial charge on any atom is 0.196 e. The number of H-pyrrole nitrogens is 1. The smallest absolute Gasteiger partial charge is 0.196 e. The van der Waals surface area contributed by atoms with Gasteiger partial charge in [0.05, 0.1) is 11.6 Å². The summed E-state index contributed by atoms with van der Waals surface area (Å²) in [5.74, 6) is 0.622. The molecule has 0 fully saturated rings. The normalized spacial score (nSPS) is 10.8. The number of ketones is 1. The fourth-order valence-corrected chi connectivity index (χ4v) is 2.73. The fraction of sp³-hybridized carbons (Fsp3) is 0.0625. The molecule has 0 unspecified atom stereocenters. The summed E-state index contributed by atoms with van der Waals surface area (Å²) in [5.41, 5.74) is 8.40. The maximum atomic E-state index is 12.7. The van der Waals surface area contributed by atoms with Crippen molar-refractivity contribution in [2.75, 3.05) is 12.8 Å². The van der Waals surface area contributed by atoms with Crippen LogP contribution in [0.15, 0.2) is 47.1 Å². The first kappa shape index (κ1) is 13.7. The molecule has 3 aromatic rings. The molecule has 3 N–H and O–H groups in total. The first-order chi connectivity index (χ1) is 10.1. The molecule has 0 saturated heterocycles. The van der Waals surface area contributed by atoms with Gasteiger partial charge in [-0.3, -0.25) is 4.79 Å². The van der Waals surface area contributed by atoms with Gasteiger partial charge in [-0.15, -0.1) is 0 Å². The van der Waals surface area contributed by atoms with E-state index in [1.54, 1.807) is 31.5 Å². The van der Waals surface area contributed by atoms with Gasteiger partial charge in [0.2, 0.25) is 0 Å². The van der Waals surface area contributed by atoms with Crippen molar-refractivity contribution in [3.63, 3.8) is 0 Å². The van der Waals surface area contributed by atoms with Gasteiger partial charge in [0.15, 0.2) is 5.78 Å². The number of nitrogens with one attached hydrogen (secondary N) is 1. The third kappa shape index (κ3) is 2.29. The number of methoxy groups -OCH3 is 1. The average molecular weight is 345 g/mol. The average Bonchev–Trinajstić information content (AvgIpc) is 2.92. The summed E-state index contributed by atoms with van der Waals surface area (Å²) in [7, 11) is 1.60. The monoisotopic (exact) mass is 344 g/mol. The zero-order chi connectivity index (χ0) is 15.0. The van der Waals surface area contributed by atoms with Crippen LogP contribution in [0.4, 0.5) is 5.69 Å². The number of rotatable bonds is 3. The largest absolute Gasteiger partial charge is 0.497 e. The number of halogens is 1. The fourth-order valence-electron chi connectivity index (χ4n) is 2.28. The molecule has 0 amide bonds. The lowest BCUT2D eigenvalue weighted by atomic mass is 10.0. The Kier molecular flexibility index (Phi) is 3.43. The van der Waals surface area contributed by atoms with Gasteiger partial charge >= 0.3 is 0 Å². The van der Waals surface area contributed by atoms with Crippen LogP contribution in [0.3, 0.4) is 0 Å². The zero-order valence-corrected chi connectivity index (χ0v) is 12.9. The predicted octanol–water partition coefficient (Wildman–Crippen LogP) is 3.75. The van der Waals surface area contributed by atoms with E-state index in [0.717, 1.165) is 10.9 Å². The van der Waals surface area contributed by atoms with Crippen molar-refractivity contribution >= 4 is 38.3 Å². The summed E-state index contributed by atoms with van der Waals surface area (Å²) in [5, 5.41) is 0.827. The molecule has 4 nitrogen and oxygen atoms in total. The number of nitrogens with two attached hydrogens (primary N) is 1. The van der Waals surface area contributed by atoms with Gasteiger partial charge in [0, 0.05) is 33.9 Å². The number of anilines is 1. The molecule has 0 aliphatic carbocycles. The lowest BCUT2D eigenvalue weighted by Crippen LogP contribution is -2.03. The SMILES string of the molecule is COc1ccc2[nH]cc(C(=O)c3cccc(N)c3Br)c2c1. The van der Waals surface area contributed by atoms with Crippen molar-refractivity contribution in [2.24, 2.45) is 0 Å². The Morgan fingerprint density at radius 1 is 1.24 bits per heavy atom.